The van der Waals surface area contributed by atoms with Gasteiger partial charge in [0.25, 0.3) is 0 Å². The maximum Gasteiger partial charge on any atom is 0.228 e. The molecule has 1 aliphatic carbocycles. The summed E-state index contributed by atoms with van der Waals surface area (Å²) >= 11 is 0. The minimum Gasteiger partial charge on any atom is -0.326 e. The first-order valence-electron chi connectivity index (χ1n) is 20.9. The summed E-state index contributed by atoms with van der Waals surface area (Å²) in [6, 6.07) is 40.6. The minimum atomic E-state index is -0.0596. The molecule has 0 bridgehead atoms. The van der Waals surface area contributed by atoms with E-state index in [4.69, 9.17) is 10.1 Å². The molecule has 1 saturated heterocycles. The molecule has 1 aliphatic heterocycles. The van der Waals surface area contributed by atoms with Crippen LogP contribution in [0.2, 0.25) is 0 Å². The molecule has 0 spiro atoms. The topological polar surface area (TPSA) is 125 Å². The molecule has 12 heteroatoms. The zero-order valence-electron chi connectivity index (χ0n) is 34.0. The lowest BCUT2D eigenvalue weighted by molar-refractivity contribution is -0.116. The molecule has 2 amide bonds. The van der Waals surface area contributed by atoms with E-state index in [1.165, 1.54) is 17.5 Å². The average Bonchev–Trinajstić information content (AvgIpc) is 3.73. The molecule has 10 rings (SSSR count). The van der Waals surface area contributed by atoms with Crippen molar-refractivity contribution in [1.29, 1.82) is 0 Å². The number of benzene rings is 4. The SMILES string of the molecule is CN1CCN(Cc2ccc(NC(=O)Cc3ccc(-c4ccn5nc(C6CC6c6ccc(NC(=O)Cc7ccc(-c8ccn9ncnc9c8)cc7)cc6)nc5c4)cc3)cc2)CC1. The van der Waals surface area contributed by atoms with Gasteiger partial charge in [0.2, 0.25) is 11.8 Å². The number of rotatable bonds is 12. The molecule has 4 aromatic carbocycles. The number of nitrogens with one attached hydrogen (secondary N) is 2. The number of anilines is 2. The smallest absolute Gasteiger partial charge is 0.228 e. The van der Waals surface area contributed by atoms with Crippen molar-refractivity contribution in [1.82, 2.24) is 39.0 Å². The molecule has 2 unspecified atom stereocenters. The largest absolute Gasteiger partial charge is 0.326 e. The lowest BCUT2D eigenvalue weighted by Gasteiger charge is -2.32. The van der Waals surface area contributed by atoms with E-state index in [-0.39, 0.29) is 24.2 Å². The maximum atomic E-state index is 12.9. The van der Waals surface area contributed by atoms with Gasteiger partial charge in [0.1, 0.15) is 6.33 Å². The van der Waals surface area contributed by atoms with E-state index in [0.717, 1.165) is 101 Å². The van der Waals surface area contributed by atoms with Gasteiger partial charge in [-0.3, -0.25) is 14.5 Å². The van der Waals surface area contributed by atoms with Crippen LogP contribution in [0.3, 0.4) is 0 Å². The predicted octanol–water partition coefficient (Wildman–Crippen LogP) is 7.49. The molecule has 61 heavy (non-hydrogen) atoms. The summed E-state index contributed by atoms with van der Waals surface area (Å²) in [4.78, 5) is 39.9. The first-order chi connectivity index (χ1) is 29.8. The number of piperazine rings is 1. The summed E-state index contributed by atoms with van der Waals surface area (Å²) < 4.78 is 3.57. The Kier molecular flexibility index (Phi) is 10.4. The van der Waals surface area contributed by atoms with Crippen LogP contribution in [0.1, 0.15) is 46.3 Å². The summed E-state index contributed by atoms with van der Waals surface area (Å²) in [5.74, 6) is 1.33. The molecule has 2 N–H and O–H groups in total. The van der Waals surface area contributed by atoms with Gasteiger partial charge in [0, 0.05) is 62.4 Å². The second-order valence-corrected chi connectivity index (χ2v) is 16.4. The Morgan fingerprint density at radius 3 is 1.79 bits per heavy atom. The van der Waals surface area contributed by atoms with Gasteiger partial charge in [-0.2, -0.15) is 10.2 Å². The van der Waals surface area contributed by atoms with E-state index >= 15 is 0 Å². The number of hydrogen-bond acceptors (Lipinski definition) is 8. The number of aromatic nitrogens is 6. The Labute approximate surface area is 353 Å². The summed E-state index contributed by atoms with van der Waals surface area (Å²) in [5, 5.41) is 15.1. The Morgan fingerprint density at radius 1 is 0.607 bits per heavy atom. The number of amides is 2. The van der Waals surface area contributed by atoms with E-state index in [0.29, 0.717) is 12.3 Å². The molecule has 12 nitrogen and oxygen atoms in total. The van der Waals surface area contributed by atoms with Crippen LogP contribution < -0.4 is 10.6 Å². The van der Waals surface area contributed by atoms with Crippen molar-refractivity contribution in [2.75, 3.05) is 43.9 Å². The van der Waals surface area contributed by atoms with Crippen molar-refractivity contribution in [3.05, 3.63) is 168 Å². The number of nitrogens with zero attached hydrogens (tertiary/aromatic N) is 8. The molecule has 5 heterocycles. The van der Waals surface area contributed by atoms with E-state index in [2.05, 4.69) is 86.1 Å². The van der Waals surface area contributed by atoms with E-state index < -0.39 is 0 Å². The highest BCUT2D eigenvalue weighted by molar-refractivity contribution is 5.93. The van der Waals surface area contributed by atoms with Gasteiger partial charge in [-0.25, -0.2) is 19.0 Å². The van der Waals surface area contributed by atoms with Crippen molar-refractivity contribution in [2.45, 2.75) is 37.6 Å². The Balaban J connectivity index is 0.701. The van der Waals surface area contributed by atoms with Crippen molar-refractivity contribution >= 4 is 34.5 Å². The van der Waals surface area contributed by atoms with E-state index in [9.17, 15) is 9.59 Å². The van der Waals surface area contributed by atoms with Crippen LogP contribution in [0.5, 0.6) is 0 Å². The number of likely N-dealkylation sites (N-methyl/N-ethyl adjacent to an activating group) is 1. The normalized spacial score (nSPS) is 16.8. The molecule has 1 saturated carbocycles. The van der Waals surface area contributed by atoms with Gasteiger partial charge >= 0.3 is 0 Å². The van der Waals surface area contributed by atoms with Crippen molar-refractivity contribution in [2.24, 2.45) is 0 Å². The molecule has 2 fully saturated rings. The van der Waals surface area contributed by atoms with Gasteiger partial charge in [-0.05, 0) is 112 Å². The van der Waals surface area contributed by atoms with Crippen molar-refractivity contribution in [3.8, 4) is 22.3 Å². The molecule has 304 valence electrons. The van der Waals surface area contributed by atoms with Crippen LogP contribution >= 0.6 is 0 Å². The van der Waals surface area contributed by atoms with Crippen LogP contribution in [0.4, 0.5) is 11.4 Å². The van der Waals surface area contributed by atoms with Gasteiger partial charge in [0.05, 0.1) is 12.8 Å². The van der Waals surface area contributed by atoms with Gasteiger partial charge in [0.15, 0.2) is 17.1 Å². The van der Waals surface area contributed by atoms with Gasteiger partial charge in [-0.15, -0.1) is 0 Å². The van der Waals surface area contributed by atoms with Gasteiger partial charge in [-0.1, -0.05) is 72.8 Å². The maximum absolute atomic E-state index is 12.9. The quantitative estimate of drug-likeness (QED) is 0.130. The highest BCUT2D eigenvalue weighted by Crippen LogP contribution is 2.53. The number of carbonyl (C=O) groups is 2. The molecular weight excluding hydrogens is 761 g/mol. The fraction of sp³-hybridized carbons (Fsp3) is 0.224. The Hall–Kier alpha value is -7.02. The standard InChI is InChI=1S/C49H46N10O2/c1-56-22-24-57(25-23-56)31-35-6-14-41(15-7-35)52-47(60)26-34-4-10-37(11-5-34)40-19-21-59-46(29-40)54-49(55-59)44-30-43(44)38-12-16-42(17-13-38)53-48(61)27-33-2-8-36(9-3-33)39-18-20-58-45(28-39)50-32-51-58/h2-21,28-29,32,43-44H,22-27,30-31H2,1H3,(H,52,60)(H,53,61). The monoisotopic (exact) mass is 806 g/mol. The molecular formula is C49H46N10O2. The molecule has 8 aromatic rings. The average molecular weight is 807 g/mol. The third kappa shape index (κ3) is 8.82. The van der Waals surface area contributed by atoms with Crippen molar-refractivity contribution < 1.29 is 9.59 Å². The zero-order valence-corrected chi connectivity index (χ0v) is 34.0. The Morgan fingerprint density at radius 2 is 1.16 bits per heavy atom. The summed E-state index contributed by atoms with van der Waals surface area (Å²) in [6.45, 7) is 5.30. The summed E-state index contributed by atoms with van der Waals surface area (Å²) in [5.41, 5.74) is 11.8. The second kappa shape index (κ2) is 16.6. The first kappa shape index (κ1) is 38.2. The lowest BCUT2D eigenvalue weighted by atomic mass is 10.0. The van der Waals surface area contributed by atoms with E-state index in [1.807, 2.05) is 89.7 Å². The molecule has 2 atom stereocenters. The number of pyridine rings is 2. The summed E-state index contributed by atoms with van der Waals surface area (Å²) in [6.07, 6.45) is 6.96. The van der Waals surface area contributed by atoms with Crippen LogP contribution in [0, 0.1) is 0 Å². The van der Waals surface area contributed by atoms with E-state index in [1.54, 1.807) is 4.52 Å². The predicted molar refractivity (Wildman–Crippen MR) is 237 cm³/mol. The fourth-order valence-corrected chi connectivity index (χ4v) is 8.26. The van der Waals surface area contributed by atoms with Crippen LogP contribution in [0.15, 0.2) is 140 Å². The number of carbonyl (C=O) groups excluding carboxylic acids is 2. The van der Waals surface area contributed by atoms with Crippen molar-refractivity contribution in [3.63, 3.8) is 0 Å². The molecule has 2 aliphatic rings. The zero-order chi connectivity index (χ0) is 41.3. The minimum absolute atomic E-state index is 0.0356. The number of hydrogen-bond donors (Lipinski definition) is 2. The highest BCUT2D eigenvalue weighted by Gasteiger charge is 2.42. The first-order valence-corrected chi connectivity index (χ1v) is 20.9. The Bertz CT molecular complexity index is 2820. The molecule has 0 radical (unpaired) electrons. The summed E-state index contributed by atoms with van der Waals surface area (Å²) in [7, 11) is 2.17. The van der Waals surface area contributed by atoms with Crippen LogP contribution in [-0.2, 0) is 29.0 Å². The lowest BCUT2D eigenvalue weighted by Crippen LogP contribution is -2.43. The molecule has 4 aromatic heterocycles. The van der Waals surface area contributed by atoms with Crippen LogP contribution in [-0.4, -0.2) is 84.0 Å². The number of fused-ring (bicyclic) bond motifs is 2. The second-order valence-electron chi connectivity index (χ2n) is 16.4. The fourth-order valence-electron chi connectivity index (χ4n) is 8.26. The third-order valence-corrected chi connectivity index (χ3v) is 11.9. The highest BCUT2D eigenvalue weighted by atomic mass is 16.2. The third-order valence-electron chi connectivity index (χ3n) is 11.9. The van der Waals surface area contributed by atoms with Gasteiger partial charge < -0.3 is 15.5 Å². The van der Waals surface area contributed by atoms with Crippen LogP contribution in [0.25, 0.3) is 33.5 Å².